The zero-order valence-corrected chi connectivity index (χ0v) is 15.0. The van der Waals surface area contributed by atoms with Crippen molar-refractivity contribution >= 4 is 40.5 Å². The zero-order chi connectivity index (χ0) is 20.2. The van der Waals surface area contributed by atoms with Crippen molar-refractivity contribution in [1.82, 2.24) is 15.2 Å². The molecule has 0 saturated carbocycles. The number of fused-ring (bicyclic) bond motifs is 1. The van der Waals surface area contributed by atoms with Gasteiger partial charge in [0, 0.05) is 29.0 Å². The number of nitrogens with zero attached hydrogens (tertiary/aromatic N) is 2. The monoisotopic (exact) mass is 391 g/mol. The lowest BCUT2D eigenvalue weighted by Crippen LogP contribution is -2.19. The van der Waals surface area contributed by atoms with Crippen molar-refractivity contribution in [3.63, 3.8) is 0 Å². The second-order valence-corrected chi connectivity index (χ2v) is 6.19. The van der Waals surface area contributed by atoms with Crippen LogP contribution in [0, 0.1) is 11.6 Å². The van der Waals surface area contributed by atoms with E-state index in [0.717, 1.165) is 40.5 Å². The Morgan fingerprint density at radius 1 is 0.931 bits per heavy atom. The summed E-state index contributed by atoms with van der Waals surface area (Å²) in [6.45, 7) is 0. The summed E-state index contributed by atoms with van der Waals surface area (Å²) in [5.74, 6) is -1.55. The molecule has 0 spiro atoms. The fourth-order valence-corrected chi connectivity index (χ4v) is 2.80. The number of amides is 2. The van der Waals surface area contributed by atoms with Crippen molar-refractivity contribution in [3.05, 3.63) is 83.8 Å². The Bertz CT molecular complexity index is 1180. The summed E-state index contributed by atoms with van der Waals surface area (Å²) in [6.07, 6.45) is 5.39. The molecule has 0 saturated heterocycles. The number of nitrogens with one attached hydrogen (secondary N) is 3. The molecule has 0 aliphatic rings. The maximum atomic E-state index is 13.3. The normalized spacial score (nSPS) is 11.1. The van der Waals surface area contributed by atoms with Gasteiger partial charge in [0.1, 0.15) is 11.6 Å². The van der Waals surface area contributed by atoms with Crippen molar-refractivity contribution in [3.8, 4) is 0 Å². The Labute approximate surface area is 164 Å². The van der Waals surface area contributed by atoms with E-state index in [1.807, 2.05) is 30.4 Å². The lowest BCUT2D eigenvalue weighted by molar-refractivity contribution is 0.262. The average Bonchev–Trinajstić information content (AvgIpc) is 3.08. The Morgan fingerprint density at radius 2 is 1.72 bits per heavy atom. The molecule has 8 heteroatoms. The Kier molecular flexibility index (Phi) is 4.98. The second kappa shape index (κ2) is 7.89. The summed E-state index contributed by atoms with van der Waals surface area (Å²) in [5, 5.41) is 13.0. The highest BCUT2D eigenvalue weighted by molar-refractivity contribution is 6.01. The summed E-state index contributed by atoms with van der Waals surface area (Å²) in [4.78, 5) is 16.4. The number of anilines is 2. The van der Waals surface area contributed by atoms with E-state index < -0.39 is 17.7 Å². The average molecular weight is 391 g/mol. The van der Waals surface area contributed by atoms with E-state index in [1.54, 1.807) is 24.4 Å². The standard InChI is InChI=1S/C21H15F2N5O/c22-13-9-14(23)11-17(10-13)26-21(29)25-16-5-7-20-18(12-16)19(27-28-20)6-4-15-3-1-2-8-24-15/h1-12H,(H,27,28)(H2,25,26,29). The molecule has 4 rings (SSSR count). The van der Waals surface area contributed by atoms with Crippen molar-refractivity contribution < 1.29 is 13.6 Å². The number of urea groups is 1. The van der Waals surface area contributed by atoms with E-state index in [4.69, 9.17) is 0 Å². The van der Waals surface area contributed by atoms with Crippen LogP contribution in [0.3, 0.4) is 0 Å². The van der Waals surface area contributed by atoms with Crippen LogP contribution in [0.15, 0.2) is 60.8 Å². The van der Waals surface area contributed by atoms with Crippen LogP contribution in [0.4, 0.5) is 25.0 Å². The number of benzene rings is 2. The minimum Gasteiger partial charge on any atom is -0.308 e. The summed E-state index contributed by atoms with van der Waals surface area (Å²) >= 11 is 0. The maximum Gasteiger partial charge on any atom is 0.323 e. The smallest absolute Gasteiger partial charge is 0.308 e. The van der Waals surface area contributed by atoms with Crippen molar-refractivity contribution in [2.75, 3.05) is 10.6 Å². The number of aromatic nitrogens is 3. The number of aromatic amines is 1. The van der Waals surface area contributed by atoms with Crippen LogP contribution in [-0.2, 0) is 0 Å². The van der Waals surface area contributed by atoms with Crippen LogP contribution >= 0.6 is 0 Å². The zero-order valence-electron chi connectivity index (χ0n) is 15.0. The molecule has 0 bridgehead atoms. The molecule has 2 aromatic carbocycles. The summed E-state index contributed by atoms with van der Waals surface area (Å²) < 4.78 is 26.5. The molecule has 0 fully saturated rings. The van der Waals surface area contributed by atoms with Crippen molar-refractivity contribution in [2.45, 2.75) is 0 Å². The fourth-order valence-electron chi connectivity index (χ4n) is 2.80. The highest BCUT2D eigenvalue weighted by atomic mass is 19.1. The third kappa shape index (κ3) is 4.44. The SMILES string of the molecule is O=C(Nc1cc(F)cc(F)c1)Nc1ccc2n[nH]c(C=Cc3ccccn3)c2c1. The van der Waals surface area contributed by atoms with Crippen LogP contribution in [0.2, 0.25) is 0 Å². The largest absolute Gasteiger partial charge is 0.323 e. The Hall–Kier alpha value is -4.07. The number of hydrogen-bond donors (Lipinski definition) is 3. The van der Waals surface area contributed by atoms with Gasteiger partial charge >= 0.3 is 6.03 Å². The molecule has 2 heterocycles. The second-order valence-electron chi connectivity index (χ2n) is 6.19. The molecule has 0 radical (unpaired) electrons. The van der Waals surface area contributed by atoms with Gasteiger partial charge in [-0.2, -0.15) is 5.10 Å². The predicted molar refractivity (Wildman–Crippen MR) is 108 cm³/mol. The first-order valence-corrected chi connectivity index (χ1v) is 8.68. The highest BCUT2D eigenvalue weighted by Gasteiger charge is 2.08. The molecule has 0 atom stereocenters. The molecule has 0 unspecified atom stereocenters. The minimum absolute atomic E-state index is 0.0170. The number of H-pyrrole nitrogens is 1. The molecule has 3 N–H and O–H groups in total. The predicted octanol–water partition coefficient (Wildman–Crippen LogP) is 5.05. The van der Waals surface area contributed by atoms with E-state index in [9.17, 15) is 13.6 Å². The lowest BCUT2D eigenvalue weighted by Gasteiger charge is -2.08. The third-order valence-corrected chi connectivity index (χ3v) is 4.07. The van der Waals surface area contributed by atoms with Crippen molar-refractivity contribution in [2.24, 2.45) is 0 Å². The number of carbonyl (C=O) groups excluding carboxylic acids is 1. The molecule has 0 aliphatic carbocycles. The number of halogens is 2. The van der Waals surface area contributed by atoms with E-state index >= 15 is 0 Å². The fraction of sp³-hybridized carbons (Fsp3) is 0. The van der Waals surface area contributed by atoms with Crippen LogP contribution in [0.5, 0.6) is 0 Å². The van der Waals surface area contributed by atoms with E-state index in [0.29, 0.717) is 5.69 Å². The molecule has 29 heavy (non-hydrogen) atoms. The molecule has 0 aliphatic heterocycles. The maximum absolute atomic E-state index is 13.3. The molecule has 144 valence electrons. The topological polar surface area (TPSA) is 82.7 Å². The van der Waals surface area contributed by atoms with Gasteiger partial charge in [0.25, 0.3) is 0 Å². The van der Waals surface area contributed by atoms with Gasteiger partial charge in [-0.1, -0.05) is 6.07 Å². The number of hydrogen-bond acceptors (Lipinski definition) is 3. The lowest BCUT2D eigenvalue weighted by atomic mass is 10.1. The van der Waals surface area contributed by atoms with Gasteiger partial charge < -0.3 is 10.6 Å². The van der Waals surface area contributed by atoms with E-state index in [1.165, 1.54) is 0 Å². The van der Waals surface area contributed by atoms with Crippen molar-refractivity contribution in [1.29, 1.82) is 0 Å². The Morgan fingerprint density at radius 3 is 2.48 bits per heavy atom. The molecular weight excluding hydrogens is 376 g/mol. The Balaban J connectivity index is 1.52. The van der Waals surface area contributed by atoms with Gasteiger partial charge in [-0.3, -0.25) is 10.1 Å². The van der Waals surface area contributed by atoms with Crippen LogP contribution in [0.1, 0.15) is 11.4 Å². The van der Waals surface area contributed by atoms with Gasteiger partial charge in [0.15, 0.2) is 0 Å². The first-order chi connectivity index (χ1) is 14.1. The molecular formula is C21H15F2N5O. The van der Waals surface area contributed by atoms with E-state index in [-0.39, 0.29) is 5.69 Å². The molecule has 2 aromatic heterocycles. The highest BCUT2D eigenvalue weighted by Crippen LogP contribution is 2.22. The molecule has 6 nitrogen and oxygen atoms in total. The van der Waals surface area contributed by atoms with Gasteiger partial charge in [-0.25, -0.2) is 13.6 Å². The van der Waals surface area contributed by atoms with Crippen LogP contribution < -0.4 is 10.6 Å². The molecule has 4 aromatic rings. The van der Waals surface area contributed by atoms with Gasteiger partial charge in [-0.15, -0.1) is 0 Å². The summed E-state index contributed by atoms with van der Waals surface area (Å²) in [6, 6.07) is 13.0. The van der Waals surface area contributed by atoms with Gasteiger partial charge in [0.05, 0.1) is 16.9 Å². The third-order valence-electron chi connectivity index (χ3n) is 4.07. The number of rotatable bonds is 4. The van der Waals surface area contributed by atoms with Gasteiger partial charge in [0.2, 0.25) is 0 Å². The quantitative estimate of drug-likeness (QED) is 0.455. The number of carbonyl (C=O) groups is 1. The minimum atomic E-state index is -0.774. The molecule has 2 amide bonds. The number of pyridine rings is 1. The van der Waals surface area contributed by atoms with Crippen LogP contribution in [0.25, 0.3) is 23.1 Å². The summed E-state index contributed by atoms with van der Waals surface area (Å²) in [7, 11) is 0. The van der Waals surface area contributed by atoms with Crippen LogP contribution in [-0.4, -0.2) is 21.2 Å². The summed E-state index contributed by atoms with van der Waals surface area (Å²) in [5.41, 5.74) is 2.79. The first kappa shape index (κ1) is 18.3. The van der Waals surface area contributed by atoms with E-state index in [2.05, 4.69) is 25.8 Å². The van der Waals surface area contributed by atoms with Gasteiger partial charge in [-0.05, 0) is 54.6 Å². The first-order valence-electron chi connectivity index (χ1n) is 8.68.